The summed E-state index contributed by atoms with van der Waals surface area (Å²) in [6.07, 6.45) is 1.44. The molecule has 4 nitrogen and oxygen atoms in total. The fourth-order valence-corrected chi connectivity index (χ4v) is 2.61. The molecular weight excluding hydrogens is 301 g/mol. The Morgan fingerprint density at radius 1 is 1.40 bits per heavy atom. The highest BCUT2D eigenvalue weighted by Crippen LogP contribution is 2.22. The van der Waals surface area contributed by atoms with Gasteiger partial charge in [-0.2, -0.15) is 0 Å². The maximum atomic E-state index is 12.0. The summed E-state index contributed by atoms with van der Waals surface area (Å²) in [6.45, 7) is 1.17. The molecule has 1 aromatic carbocycles. The Kier molecular flexibility index (Phi) is 5.52. The average molecular weight is 318 g/mol. The van der Waals surface area contributed by atoms with Crippen LogP contribution in [0.4, 0.5) is 0 Å². The average Bonchev–Trinajstić information content (AvgIpc) is 2.46. The molecule has 20 heavy (non-hydrogen) atoms. The number of nitrogens with one attached hydrogen (secondary N) is 1. The van der Waals surface area contributed by atoms with Crippen LogP contribution in [0.3, 0.4) is 0 Å². The van der Waals surface area contributed by atoms with Crippen molar-refractivity contribution in [2.45, 2.75) is 18.4 Å². The molecule has 2 rings (SSSR count). The zero-order valence-corrected chi connectivity index (χ0v) is 12.5. The van der Waals surface area contributed by atoms with E-state index in [2.05, 4.69) is 5.32 Å². The van der Waals surface area contributed by atoms with Crippen LogP contribution >= 0.6 is 23.2 Å². The van der Waals surface area contributed by atoms with Gasteiger partial charge in [0.15, 0.2) is 6.61 Å². The van der Waals surface area contributed by atoms with Gasteiger partial charge in [-0.3, -0.25) is 4.79 Å². The number of carbonyl (C=O) groups excluding carboxylic acids is 1. The van der Waals surface area contributed by atoms with Gasteiger partial charge in [-0.25, -0.2) is 0 Å². The first kappa shape index (κ1) is 15.4. The molecule has 0 bridgehead atoms. The van der Waals surface area contributed by atoms with Crippen molar-refractivity contribution in [1.82, 2.24) is 5.32 Å². The van der Waals surface area contributed by atoms with E-state index in [1.54, 1.807) is 24.3 Å². The molecule has 0 aromatic heterocycles. The van der Waals surface area contributed by atoms with E-state index >= 15 is 0 Å². The van der Waals surface area contributed by atoms with E-state index in [-0.39, 0.29) is 18.1 Å². The number of hydrogen-bond donors (Lipinski definition) is 1. The lowest BCUT2D eigenvalue weighted by molar-refractivity contribution is -0.125. The van der Waals surface area contributed by atoms with Crippen LogP contribution in [0, 0.1) is 0 Å². The number of hydrogen-bond acceptors (Lipinski definition) is 3. The Morgan fingerprint density at radius 3 is 2.80 bits per heavy atom. The molecule has 1 amide bonds. The fraction of sp³-hybridized carbons (Fsp3) is 0.500. The van der Waals surface area contributed by atoms with Crippen LogP contribution in [0.25, 0.3) is 0 Å². The van der Waals surface area contributed by atoms with E-state index in [9.17, 15) is 4.79 Å². The lowest BCUT2D eigenvalue weighted by atomic mass is 9.92. The van der Waals surface area contributed by atoms with Crippen LogP contribution in [-0.4, -0.2) is 37.1 Å². The summed E-state index contributed by atoms with van der Waals surface area (Å²) in [4.78, 5) is 12.0. The van der Waals surface area contributed by atoms with Crippen molar-refractivity contribution >= 4 is 29.1 Å². The number of carbonyl (C=O) groups is 1. The number of ether oxygens (including phenoxy) is 2. The van der Waals surface area contributed by atoms with Crippen molar-refractivity contribution < 1.29 is 14.3 Å². The summed E-state index contributed by atoms with van der Waals surface area (Å²) < 4.78 is 10.7. The van der Waals surface area contributed by atoms with Gasteiger partial charge in [-0.15, -0.1) is 11.6 Å². The third-order valence-electron chi connectivity index (χ3n) is 3.28. The molecule has 110 valence electrons. The quantitative estimate of drug-likeness (QED) is 0.849. The van der Waals surface area contributed by atoms with Crippen LogP contribution in [0.1, 0.15) is 12.8 Å². The van der Waals surface area contributed by atoms with Gasteiger partial charge in [0, 0.05) is 24.1 Å². The number of halogens is 2. The fourth-order valence-electron chi connectivity index (χ4n) is 2.09. The van der Waals surface area contributed by atoms with Crippen LogP contribution in [-0.2, 0) is 9.53 Å². The summed E-state index contributed by atoms with van der Waals surface area (Å²) in [5.41, 5.74) is -0.380. The van der Waals surface area contributed by atoms with E-state index in [0.29, 0.717) is 29.9 Å². The van der Waals surface area contributed by atoms with Gasteiger partial charge in [0.2, 0.25) is 0 Å². The lowest BCUT2D eigenvalue weighted by Crippen LogP contribution is -2.54. The molecule has 1 aliphatic heterocycles. The standard InChI is InChI=1S/C14H17Cl2NO3/c15-10-14(4-6-19-7-5-14)17-13(18)9-20-12-3-1-2-11(16)8-12/h1-3,8H,4-7,9-10H2,(H,17,18). The normalized spacial score (nSPS) is 17.5. The van der Waals surface area contributed by atoms with Gasteiger partial charge in [0.1, 0.15) is 5.75 Å². The summed E-state index contributed by atoms with van der Waals surface area (Å²) in [6, 6.07) is 6.94. The summed E-state index contributed by atoms with van der Waals surface area (Å²) >= 11 is 11.8. The number of rotatable bonds is 5. The molecule has 0 saturated carbocycles. The monoisotopic (exact) mass is 317 g/mol. The Bertz CT molecular complexity index is 461. The van der Waals surface area contributed by atoms with Crippen molar-refractivity contribution in [3.63, 3.8) is 0 Å². The molecule has 0 atom stereocenters. The van der Waals surface area contributed by atoms with Crippen molar-refractivity contribution in [3.8, 4) is 5.75 Å². The van der Waals surface area contributed by atoms with Gasteiger partial charge < -0.3 is 14.8 Å². The van der Waals surface area contributed by atoms with Gasteiger partial charge in [-0.05, 0) is 31.0 Å². The SMILES string of the molecule is O=C(COc1cccc(Cl)c1)NC1(CCl)CCOCC1. The highest BCUT2D eigenvalue weighted by Gasteiger charge is 2.33. The second kappa shape index (κ2) is 7.16. The molecule has 0 radical (unpaired) electrons. The van der Waals surface area contributed by atoms with Gasteiger partial charge in [0.25, 0.3) is 5.91 Å². The van der Waals surface area contributed by atoms with Crippen molar-refractivity contribution in [1.29, 1.82) is 0 Å². The highest BCUT2D eigenvalue weighted by molar-refractivity contribution is 6.30. The first-order valence-electron chi connectivity index (χ1n) is 6.47. The smallest absolute Gasteiger partial charge is 0.258 e. The van der Waals surface area contributed by atoms with E-state index < -0.39 is 0 Å². The number of benzene rings is 1. The minimum atomic E-state index is -0.380. The number of amides is 1. The molecule has 0 unspecified atom stereocenters. The molecule has 1 heterocycles. The molecular formula is C14H17Cl2NO3. The van der Waals surface area contributed by atoms with Crippen molar-refractivity contribution in [2.75, 3.05) is 25.7 Å². The first-order chi connectivity index (χ1) is 9.63. The Labute approximate surface area is 128 Å². The first-order valence-corrected chi connectivity index (χ1v) is 7.38. The van der Waals surface area contributed by atoms with Crippen LogP contribution < -0.4 is 10.1 Å². The zero-order valence-electron chi connectivity index (χ0n) is 11.0. The predicted molar refractivity (Wildman–Crippen MR) is 78.6 cm³/mol. The van der Waals surface area contributed by atoms with Crippen LogP contribution in [0.15, 0.2) is 24.3 Å². The maximum Gasteiger partial charge on any atom is 0.258 e. The minimum Gasteiger partial charge on any atom is -0.484 e. The van der Waals surface area contributed by atoms with E-state index in [0.717, 1.165) is 12.8 Å². The van der Waals surface area contributed by atoms with Gasteiger partial charge in [0.05, 0.1) is 5.54 Å². The predicted octanol–water partition coefficient (Wildman–Crippen LogP) is 2.62. The lowest BCUT2D eigenvalue weighted by Gasteiger charge is -2.36. The zero-order chi connectivity index (χ0) is 14.4. The largest absolute Gasteiger partial charge is 0.484 e. The second-order valence-corrected chi connectivity index (χ2v) is 5.52. The molecule has 0 aliphatic carbocycles. The Hall–Kier alpha value is -0.970. The minimum absolute atomic E-state index is 0.0557. The number of alkyl halides is 1. The topological polar surface area (TPSA) is 47.6 Å². The van der Waals surface area contributed by atoms with Crippen molar-refractivity contribution in [2.24, 2.45) is 0 Å². The highest BCUT2D eigenvalue weighted by atomic mass is 35.5. The second-order valence-electron chi connectivity index (χ2n) is 4.82. The van der Waals surface area contributed by atoms with Crippen molar-refractivity contribution in [3.05, 3.63) is 29.3 Å². The molecule has 0 spiro atoms. The molecule has 1 N–H and O–H groups in total. The molecule has 6 heteroatoms. The van der Waals surface area contributed by atoms with Gasteiger partial charge in [-0.1, -0.05) is 17.7 Å². The summed E-state index contributed by atoms with van der Waals surface area (Å²) in [5.74, 6) is 0.756. The summed E-state index contributed by atoms with van der Waals surface area (Å²) in [7, 11) is 0. The molecule has 1 saturated heterocycles. The van der Waals surface area contributed by atoms with E-state index in [1.165, 1.54) is 0 Å². The third kappa shape index (κ3) is 4.27. The van der Waals surface area contributed by atoms with Gasteiger partial charge >= 0.3 is 0 Å². The Balaban J connectivity index is 1.85. The van der Waals surface area contributed by atoms with E-state index in [4.69, 9.17) is 32.7 Å². The third-order valence-corrected chi connectivity index (χ3v) is 4.02. The van der Waals surface area contributed by atoms with Crippen LogP contribution in [0.2, 0.25) is 5.02 Å². The molecule has 1 aliphatic rings. The van der Waals surface area contributed by atoms with E-state index in [1.807, 2.05) is 0 Å². The maximum absolute atomic E-state index is 12.0. The molecule has 1 aromatic rings. The summed E-state index contributed by atoms with van der Waals surface area (Å²) in [5, 5.41) is 3.53. The Morgan fingerprint density at radius 2 is 2.15 bits per heavy atom. The van der Waals surface area contributed by atoms with Crippen LogP contribution in [0.5, 0.6) is 5.75 Å². The molecule has 1 fully saturated rings.